The van der Waals surface area contributed by atoms with Crippen molar-refractivity contribution in [2.75, 3.05) is 6.54 Å². The molecule has 0 aliphatic heterocycles. The van der Waals surface area contributed by atoms with Gasteiger partial charge in [0.05, 0.1) is 0 Å². The molecule has 1 rings (SSSR count). The van der Waals surface area contributed by atoms with Crippen molar-refractivity contribution in [2.24, 2.45) is 0 Å². The lowest BCUT2D eigenvalue weighted by molar-refractivity contribution is 0.485. The Bertz CT molecular complexity index is 312. The Hall–Kier alpha value is -0.960. The van der Waals surface area contributed by atoms with E-state index in [-0.39, 0.29) is 0 Å². The predicted molar refractivity (Wildman–Crippen MR) is 57.8 cm³/mol. The molecule has 0 saturated carbocycles. The average Bonchev–Trinajstić information content (AvgIpc) is 2.21. The Morgan fingerprint density at radius 3 is 2.73 bits per heavy atom. The standard InChI is InChI=1S/C12H17F2N/c1-3-15-9(2)7-8-10-5-4-6-11(13)12(10)14/h4-6,9,15H,3,7-8H2,1-2H3. The van der Waals surface area contributed by atoms with E-state index in [0.717, 1.165) is 19.0 Å². The van der Waals surface area contributed by atoms with Crippen molar-refractivity contribution in [1.82, 2.24) is 5.32 Å². The number of benzene rings is 1. The van der Waals surface area contributed by atoms with Gasteiger partial charge in [0.25, 0.3) is 0 Å². The fraction of sp³-hybridized carbons (Fsp3) is 0.500. The number of halogens is 2. The summed E-state index contributed by atoms with van der Waals surface area (Å²) >= 11 is 0. The Balaban J connectivity index is 2.54. The lowest BCUT2D eigenvalue weighted by Gasteiger charge is -2.12. The molecule has 0 aliphatic carbocycles. The van der Waals surface area contributed by atoms with E-state index < -0.39 is 11.6 Å². The predicted octanol–water partition coefficient (Wildman–Crippen LogP) is 2.90. The summed E-state index contributed by atoms with van der Waals surface area (Å²) in [5.41, 5.74) is 0.458. The van der Waals surface area contributed by atoms with Crippen LogP contribution in [0.3, 0.4) is 0 Å². The number of hydrogen-bond acceptors (Lipinski definition) is 1. The van der Waals surface area contributed by atoms with Crippen molar-refractivity contribution >= 4 is 0 Å². The number of nitrogens with one attached hydrogen (secondary N) is 1. The molecule has 0 fully saturated rings. The highest BCUT2D eigenvalue weighted by atomic mass is 19.2. The van der Waals surface area contributed by atoms with Crippen LogP contribution < -0.4 is 5.32 Å². The minimum absolute atomic E-state index is 0.331. The van der Waals surface area contributed by atoms with Crippen LogP contribution in [0.25, 0.3) is 0 Å². The van der Waals surface area contributed by atoms with E-state index in [2.05, 4.69) is 5.32 Å². The van der Waals surface area contributed by atoms with Gasteiger partial charge in [-0.3, -0.25) is 0 Å². The zero-order valence-corrected chi connectivity index (χ0v) is 9.19. The van der Waals surface area contributed by atoms with E-state index in [0.29, 0.717) is 18.0 Å². The molecule has 0 amide bonds. The van der Waals surface area contributed by atoms with Gasteiger partial charge in [0.1, 0.15) is 0 Å². The van der Waals surface area contributed by atoms with Gasteiger partial charge in [-0.2, -0.15) is 0 Å². The van der Waals surface area contributed by atoms with E-state index >= 15 is 0 Å². The number of hydrogen-bond donors (Lipinski definition) is 1. The maximum atomic E-state index is 13.2. The lowest BCUT2D eigenvalue weighted by atomic mass is 10.1. The fourth-order valence-electron chi connectivity index (χ4n) is 1.56. The molecule has 0 saturated heterocycles. The molecule has 1 atom stereocenters. The van der Waals surface area contributed by atoms with Gasteiger partial charge in [-0.05, 0) is 37.9 Å². The first-order valence-corrected chi connectivity index (χ1v) is 5.31. The van der Waals surface area contributed by atoms with Crippen molar-refractivity contribution in [3.05, 3.63) is 35.4 Å². The summed E-state index contributed by atoms with van der Waals surface area (Å²) in [6, 6.07) is 4.66. The molecule has 1 N–H and O–H groups in total. The summed E-state index contributed by atoms with van der Waals surface area (Å²) in [4.78, 5) is 0. The second-order valence-corrected chi connectivity index (χ2v) is 3.71. The molecule has 84 valence electrons. The van der Waals surface area contributed by atoms with Crippen LogP contribution in [-0.2, 0) is 6.42 Å². The second-order valence-electron chi connectivity index (χ2n) is 3.71. The first kappa shape index (κ1) is 12.1. The molecule has 0 aliphatic rings. The van der Waals surface area contributed by atoms with E-state index in [1.54, 1.807) is 12.1 Å². The van der Waals surface area contributed by atoms with Crippen LogP contribution in [0.1, 0.15) is 25.8 Å². The topological polar surface area (TPSA) is 12.0 Å². The molecular weight excluding hydrogens is 196 g/mol. The molecule has 1 unspecified atom stereocenters. The molecule has 1 aromatic carbocycles. The summed E-state index contributed by atoms with van der Waals surface area (Å²) < 4.78 is 26.1. The van der Waals surface area contributed by atoms with E-state index in [1.807, 2.05) is 13.8 Å². The van der Waals surface area contributed by atoms with Crippen molar-refractivity contribution in [3.63, 3.8) is 0 Å². The monoisotopic (exact) mass is 213 g/mol. The Morgan fingerprint density at radius 1 is 1.33 bits per heavy atom. The second kappa shape index (κ2) is 5.81. The molecule has 1 aromatic rings. The minimum Gasteiger partial charge on any atom is -0.315 e. The van der Waals surface area contributed by atoms with Crippen LogP contribution in [0.4, 0.5) is 8.78 Å². The zero-order valence-electron chi connectivity index (χ0n) is 9.19. The van der Waals surface area contributed by atoms with E-state index in [9.17, 15) is 8.78 Å². The number of aryl methyl sites for hydroxylation is 1. The smallest absolute Gasteiger partial charge is 0.162 e. The third-order valence-corrected chi connectivity index (χ3v) is 2.43. The van der Waals surface area contributed by atoms with Gasteiger partial charge >= 0.3 is 0 Å². The summed E-state index contributed by atoms with van der Waals surface area (Å²) in [5.74, 6) is -1.47. The Kier molecular flexibility index (Phi) is 4.69. The highest BCUT2D eigenvalue weighted by Crippen LogP contribution is 2.13. The summed E-state index contributed by atoms with van der Waals surface area (Å²) in [6.45, 7) is 4.97. The van der Waals surface area contributed by atoms with Crippen molar-refractivity contribution in [3.8, 4) is 0 Å². The Labute approximate surface area is 89.5 Å². The summed E-state index contributed by atoms with van der Waals surface area (Å²) in [7, 11) is 0. The van der Waals surface area contributed by atoms with Gasteiger partial charge in [0.15, 0.2) is 11.6 Å². The highest BCUT2D eigenvalue weighted by Gasteiger charge is 2.08. The maximum Gasteiger partial charge on any atom is 0.162 e. The SMILES string of the molecule is CCNC(C)CCc1cccc(F)c1F. The molecule has 1 nitrogen and oxygen atoms in total. The van der Waals surface area contributed by atoms with Crippen molar-refractivity contribution in [2.45, 2.75) is 32.7 Å². The molecule has 0 spiro atoms. The third-order valence-electron chi connectivity index (χ3n) is 2.43. The first-order chi connectivity index (χ1) is 7.15. The summed E-state index contributed by atoms with van der Waals surface area (Å²) in [5, 5.41) is 3.23. The molecular formula is C12H17F2N. The largest absolute Gasteiger partial charge is 0.315 e. The van der Waals surface area contributed by atoms with Crippen LogP contribution in [0, 0.1) is 11.6 Å². The third kappa shape index (κ3) is 3.59. The first-order valence-electron chi connectivity index (χ1n) is 5.31. The molecule has 3 heteroatoms. The maximum absolute atomic E-state index is 13.2. The van der Waals surface area contributed by atoms with E-state index in [4.69, 9.17) is 0 Å². The average molecular weight is 213 g/mol. The van der Waals surface area contributed by atoms with Gasteiger partial charge in [0, 0.05) is 6.04 Å². The van der Waals surface area contributed by atoms with Crippen LogP contribution in [0.15, 0.2) is 18.2 Å². The molecule has 0 bridgehead atoms. The van der Waals surface area contributed by atoms with Crippen LogP contribution in [0.2, 0.25) is 0 Å². The van der Waals surface area contributed by atoms with Crippen molar-refractivity contribution < 1.29 is 8.78 Å². The molecule has 0 radical (unpaired) electrons. The quantitative estimate of drug-likeness (QED) is 0.793. The van der Waals surface area contributed by atoms with Crippen molar-refractivity contribution in [1.29, 1.82) is 0 Å². The van der Waals surface area contributed by atoms with Crippen LogP contribution in [0.5, 0.6) is 0 Å². The molecule has 0 aromatic heterocycles. The lowest BCUT2D eigenvalue weighted by Crippen LogP contribution is -2.26. The highest BCUT2D eigenvalue weighted by molar-refractivity contribution is 5.19. The van der Waals surface area contributed by atoms with Gasteiger partial charge in [-0.15, -0.1) is 0 Å². The van der Waals surface area contributed by atoms with Crippen LogP contribution in [-0.4, -0.2) is 12.6 Å². The molecule has 15 heavy (non-hydrogen) atoms. The van der Waals surface area contributed by atoms with Gasteiger partial charge in [0.2, 0.25) is 0 Å². The van der Waals surface area contributed by atoms with Crippen LogP contribution >= 0.6 is 0 Å². The van der Waals surface area contributed by atoms with Gasteiger partial charge < -0.3 is 5.32 Å². The normalized spacial score (nSPS) is 12.8. The molecule has 0 heterocycles. The zero-order chi connectivity index (χ0) is 11.3. The summed E-state index contributed by atoms with van der Waals surface area (Å²) in [6.07, 6.45) is 1.38. The number of rotatable bonds is 5. The Morgan fingerprint density at radius 2 is 2.07 bits per heavy atom. The van der Waals surface area contributed by atoms with E-state index in [1.165, 1.54) is 0 Å². The van der Waals surface area contributed by atoms with Gasteiger partial charge in [-0.25, -0.2) is 8.78 Å². The van der Waals surface area contributed by atoms with Gasteiger partial charge in [-0.1, -0.05) is 19.1 Å². The fourth-order valence-corrected chi connectivity index (χ4v) is 1.56. The minimum atomic E-state index is -0.761.